The topological polar surface area (TPSA) is 108 Å². The van der Waals surface area contributed by atoms with Crippen LogP contribution < -0.4 is 0 Å². The number of likely N-dealkylation sites (N-methyl/N-ethyl adjacent to an activating group) is 1. The van der Waals surface area contributed by atoms with Crippen molar-refractivity contribution in [3.05, 3.63) is 60.8 Å². The Morgan fingerprint density at radius 1 is 0.416 bits per heavy atom. The Morgan fingerprint density at radius 3 is 1.10 bits per heavy atom. The van der Waals surface area contributed by atoms with Gasteiger partial charge in [-0.15, -0.1) is 0 Å². The average molecular weight is 1100 g/mol. The molecule has 0 rings (SSSR count). The van der Waals surface area contributed by atoms with Gasteiger partial charge in [0.1, 0.15) is 19.8 Å². The highest BCUT2D eigenvalue weighted by Gasteiger charge is 2.27. The summed E-state index contributed by atoms with van der Waals surface area (Å²) in [7, 11) is 1.49. The summed E-state index contributed by atoms with van der Waals surface area (Å²) in [4.78, 5) is 35.8. The van der Waals surface area contributed by atoms with Crippen LogP contribution in [-0.4, -0.2) is 74.9 Å². The first-order valence-corrected chi connectivity index (χ1v) is 34.0. The van der Waals surface area contributed by atoms with Crippen molar-refractivity contribution in [2.24, 2.45) is 0 Å². The van der Waals surface area contributed by atoms with Gasteiger partial charge in [0.15, 0.2) is 6.10 Å². The standard InChI is InChI=1S/C67H124NO8P/c1-6-8-10-12-14-16-18-20-22-24-26-27-28-29-30-31-32-33-34-35-36-37-38-39-40-41-42-44-46-48-50-52-54-56-58-60-67(70)76-65(64-75-77(71,72)74-62-61-68(3,4)5)63-73-66(69)59-57-55-53-51-49-47-45-43-25-23-21-19-17-15-13-11-9-7-2/h8,10,14,16,20,22,26-27,29-30,65H,6-7,9,11-13,15,17-19,21,23-25,28,31-64H2,1-5H3/p+1/b10-8-,16-14-,22-20-,27-26-,30-29-. The minimum atomic E-state index is -4.39. The number of hydrogen-bond donors (Lipinski definition) is 1. The molecule has 0 bridgehead atoms. The summed E-state index contributed by atoms with van der Waals surface area (Å²) in [6.45, 7) is 4.37. The third kappa shape index (κ3) is 62.8. The summed E-state index contributed by atoms with van der Waals surface area (Å²) < 4.78 is 34.7. The van der Waals surface area contributed by atoms with Crippen LogP contribution in [0.5, 0.6) is 0 Å². The van der Waals surface area contributed by atoms with Crippen molar-refractivity contribution in [2.75, 3.05) is 47.5 Å². The van der Waals surface area contributed by atoms with Gasteiger partial charge in [-0.25, -0.2) is 4.57 Å². The van der Waals surface area contributed by atoms with E-state index in [-0.39, 0.29) is 25.6 Å². The highest BCUT2D eigenvalue weighted by molar-refractivity contribution is 7.47. The molecule has 2 atom stereocenters. The van der Waals surface area contributed by atoms with Crippen molar-refractivity contribution in [1.29, 1.82) is 0 Å². The number of rotatable bonds is 60. The fraction of sp³-hybridized carbons (Fsp3) is 0.821. The largest absolute Gasteiger partial charge is 0.472 e. The summed E-state index contributed by atoms with van der Waals surface area (Å²) in [5.74, 6) is -0.780. The van der Waals surface area contributed by atoms with Crippen LogP contribution in [0.25, 0.3) is 0 Å². The van der Waals surface area contributed by atoms with E-state index in [1.165, 1.54) is 205 Å². The number of hydrogen-bond acceptors (Lipinski definition) is 7. The number of phosphoric ester groups is 1. The zero-order chi connectivity index (χ0) is 56.3. The monoisotopic (exact) mass is 1100 g/mol. The molecule has 0 spiro atoms. The summed E-state index contributed by atoms with van der Waals surface area (Å²) >= 11 is 0. The lowest BCUT2D eigenvalue weighted by molar-refractivity contribution is -0.870. The van der Waals surface area contributed by atoms with Crippen molar-refractivity contribution >= 4 is 19.8 Å². The van der Waals surface area contributed by atoms with E-state index in [0.717, 1.165) is 64.2 Å². The van der Waals surface area contributed by atoms with Gasteiger partial charge in [0.2, 0.25) is 0 Å². The lowest BCUT2D eigenvalue weighted by Gasteiger charge is -2.24. The first-order valence-electron chi connectivity index (χ1n) is 32.5. The number of nitrogens with zero attached hydrogens (tertiary/aromatic N) is 1. The van der Waals surface area contributed by atoms with E-state index in [2.05, 4.69) is 74.6 Å². The van der Waals surface area contributed by atoms with Gasteiger partial charge < -0.3 is 18.9 Å². The molecule has 0 aromatic heterocycles. The van der Waals surface area contributed by atoms with Crippen LogP contribution in [0, 0.1) is 0 Å². The van der Waals surface area contributed by atoms with Gasteiger partial charge in [0.05, 0.1) is 27.7 Å². The maximum atomic E-state index is 12.8. The highest BCUT2D eigenvalue weighted by Crippen LogP contribution is 2.43. The molecular weight excluding hydrogens is 978 g/mol. The van der Waals surface area contributed by atoms with E-state index in [4.69, 9.17) is 18.5 Å². The molecule has 0 saturated heterocycles. The summed E-state index contributed by atoms with van der Waals surface area (Å²) in [6.07, 6.45) is 76.0. The van der Waals surface area contributed by atoms with Crippen LogP contribution in [0.1, 0.15) is 303 Å². The molecule has 2 unspecified atom stereocenters. The van der Waals surface area contributed by atoms with E-state index in [1.807, 2.05) is 21.1 Å². The van der Waals surface area contributed by atoms with E-state index >= 15 is 0 Å². The number of phosphoric acid groups is 1. The van der Waals surface area contributed by atoms with E-state index in [9.17, 15) is 19.0 Å². The molecule has 0 amide bonds. The van der Waals surface area contributed by atoms with Gasteiger partial charge in [-0.1, -0.05) is 293 Å². The molecule has 9 nitrogen and oxygen atoms in total. The fourth-order valence-corrected chi connectivity index (χ4v) is 10.1. The molecule has 0 aromatic carbocycles. The SMILES string of the molecule is CC/C=C\C/C=C\C/C=C\C/C=C\C/C=C\CCCCCCCCCCCCCCCCCCCCCC(=O)OC(COC(=O)CCCCCCCCCCCCCCCCCCCC)COP(=O)(O)OCC[N+](C)(C)C. The Labute approximate surface area is 476 Å². The predicted molar refractivity (Wildman–Crippen MR) is 330 cm³/mol. The Balaban J connectivity index is 3.99. The molecule has 450 valence electrons. The average Bonchev–Trinajstić information content (AvgIpc) is 3.39. The highest BCUT2D eigenvalue weighted by atomic mass is 31.2. The van der Waals surface area contributed by atoms with Crippen molar-refractivity contribution in [3.8, 4) is 0 Å². The molecule has 0 saturated carbocycles. The number of carbonyl (C=O) groups is 2. The van der Waals surface area contributed by atoms with E-state index in [0.29, 0.717) is 23.9 Å². The second-order valence-electron chi connectivity index (χ2n) is 23.1. The molecule has 0 aromatic rings. The molecule has 0 aliphatic rings. The fourth-order valence-electron chi connectivity index (χ4n) is 9.34. The minimum Gasteiger partial charge on any atom is -0.462 e. The Hall–Kier alpha value is -2.29. The van der Waals surface area contributed by atoms with Crippen molar-refractivity contribution in [3.63, 3.8) is 0 Å². The molecule has 10 heteroatoms. The second-order valence-corrected chi connectivity index (χ2v) is 24.6. The van der Waals surface area contributed by atoms with E-state index in [1.54, 1.807) is 0 Å². The van der Waals surface area contributed by atoms with Crippen LogP contribution in [0.4, 0.5) is 0 Å². The quantitative estimate of drug-likeness (QED) is 0.0211. The van der Waals surface area contributed by atoms with Gasteiger partial charge in [0.25, 0.3) is 0 Å². The number of unbranched alkanes of at least 4 members (excludes halogenated alkanes) is 36. The predicted octanol–water partition coefficient (Wildman–Crippen LogP) is 20.7. The molecule has 0 heterocycles. The maximum absolute atomic E-state index is 12.8. The second kappa shape index (κ2) is 58.4. The Kier molecular flexibility index (Phi) is 56.6. The molecule has 1 N–H and O–H groups in total. The molecule has 0 radical (unpaired) electrons. The molecule has 0 fully saturated rings. The molecule has 77 heavy (non-hydrogen) atoms. The summed E-state index contributed by atoms with van der Waals surface area (Å²) in [5.41, 5.74) is 0. The number of carbonyl (C=O) groups excluding carboxylic acids is 2. The first-order chi connectivity index (χ1) is 37.5. The normalized spacial score (nSPS) is 13.6. The van der Waals surface area contributed by atoms with Gasteiger partial charge in [-0.3, -0.25) is 18.6 Å². The Bertz CT molecular complexity index is 1480. The van der Waals surface area contributed by atoms with Crippen LogP contribution in [0.3, 0.4) is 0 Å². The lowest BCUT2D eigenvalue weighted by Crippen LogP contribution is -2.37. The molecular formula is C67H125NO8P+. The summed E-state index contributed by atoms with van der Waals surface area (Å²) in [5, 5.41) is 0. The van der Waals surface area contributed by atoms with Crippen molar-refractivity contribution in [2.45, 2.75) is 309 Å². The Morgan fingerprint density at radius 2 is 0.740 bits per heavy atom. The molecule has 0 aliphatic carbocycles. The van der Waals surface area contributed by atoms with Gasteiger partial charge in [0, 0.05) is 12.8 Å². The van der Waals surface area contributed by atoms with Crippen LogP contribution in [0.15, 0.2) is 60.8 Å². The van der Waals surface area contributed by atoms with Gasteiger partial charge in [-0.05, 0) is 57.8 Å². The number of ether oxygens (including phenoxy) is 2. The zero-order valence-electron chi connectivity index (χ0n) is 51.2. The zero-order valence-corrected chi connectivity index (χ0v) is 52.1. The number of allylic oxidation sites excluding steroid dienone is 10. The van der Waals surface area contributed by atoms with E-state index < -0.39 is 26.5 Å². The third-order valence-corrected chi connectivity index (χ3v) is 15.3. The van der Waals surface area contributed by atoms with Gasteiger partial charge >= 0.3 is 19.8 Å². The van der Waals surface area contributed by atoms with Crippen LogP contribution in [0.2, 0.25) is 0 Å². The smallest absolute Gasteiger partial charge is 0.462 e. The molecule has 0 aliphatic heterocycles. The number of quaternary nitrogens is 1. The minimum absolute atomic E-state index is 0.0337. The van der Waals surface area contributed by atoms with Crippen LogP contribution >= 0.6 is 7.82 Å². The maximum Gasteiger partial charge on any atom is 0.472 e. The number of esters is 2. The van der Waals surface area contributed by atoms with Crippen molar-refractivity contribution in [1.82, 2.24) is 0 Å². The summed E-state index contributed by atoms with van der Waals surface area (Å²) in [6, 6.07) is 0. The van der Waals surface area contributed by atoms with Gasteiger partial charge in [-0.2, -0.15) is 0 Å². The first kappa shape index (κ1) is 74.7. The lowest BCUT2D eigenvalue weighted by atomic mass is 10.0. The third-order valence-electron chi connectivity index (χ3n) is 14.3. The van der Waals surface area contributed by atoms with Crippen molar-refractivity contribution < 1.29 is 42.1 Å². The van der Waals surface area contributed by atoms with Crippen LogP contribution in [-0.2, 0) is 32.7 Å².